The molecule has 2 aromatic carbocycles. The number of hydrogen-bond acceptors (Lipinski definition) is 3. The van der Waals surface area contributed by atoms with Crippen molar-refractivity contribution in [1.29, 1.82) is 0 Å². The lowest BCUT2D eigenvalue weighted by Gasteiger charge is -2.19. The van der Waals surface area contributed by atoms with E-state index in [-0.39, 0.29) is 5.75 Å². The first kappa shape index (κ1) is 16.7. The quantitative estimate of drug-likeness (QED) is 0.769. The Morgan fingerprint density at radius 3 is 2.17 bits per heavy atom. The summed E-state index contributed by atoms with van der Waals surface area (Å²) < 4.78 is 33.9. The number of methoxy groups -OCH3 is 1. The fourth-order valence-electron chi connectivity index (χ4n) is 2.81. The van der Waals surface area contributed by atoms with E-state index < -0.39 is 6.61 Å². The van der Waals surface area contributed by atoms with Crippen molar-refractivity contribution in [3.8, 4) is 11.5 Å². The lowest BCUT2D eigenvalue weighted by molar-refractivity contribution is -0.0498. The molecule has 1 atom stereocenters. The lowest BCUT2D eigenvalue weighted by Crippen LogP contribution is -2.22. The van der Waals surface area contributed by atoms with Crippen LogP contribution in [0.3, 0.4) is 0 Å². The van der Waals surface area contributed by atoms with Gasteiger partial charge in [0.2, 0.25) is 0 Å². The summed E-state index contributed by atoms with van der Waals surface area (Å²) >= 11 is 0. The average molecular weight is 333 g/mol. The van der Waals surface area contributed by atoms with Gasteiger partial charge in [0.05, 0.1) is 7.11 Å². The highest BCUT2D eigenvalue weighted by Gasteiger charge is 2.31. The van der Waals surface area contributed by atoms with Crippen molar-refractivity contribution >= 4 is 0 Å². The Kier molecular flexibility index (Phi) is 5.30. The van der Waals surface area contributed by atoms with Crippen molar-refractivity contribution in [2.75, 3.05) is 7.11 Å². The number of nitrogens with one attached hydrogen (secondary N) is 1. The highest BCUT2D eigenvalue weighted by Crippen LogP contribution is 2.41. The summed E-state index contributed by atoms with van der Waals surface area (Å²) in [6.07, 6.45) is 2.45. The summed E-state index contributed by atoms with van der Waals surface area (Å²) in [5, 5.41) is 3.58. The summed E-state index contributed by atoms with van der Waals surface area (Å²) in [4.78, 5) is 0. The summed E-state index contributed by atoms with van der Waals surface area (Å²) in [6, 6.07) is 15.2. The van der Waals surface area contributed by atoms with E-state index in [1.807, 2.05) is 24.3 Å². The fraction of sp³-hybridized carbons (Fsp3) is 0.368. The van der Waals surface area contributed by atoms with Crippen LogP contribution < -0.4 is 14.8 Å². The van der Waals surface area contributed by atoms with E-state index in [2.05, 4.69) is 22.2 Å². The van der Waals surface area contributed by atoms with Crippen LogP contribution in [0.2, 0.25) is 0 Å². The van der Waals surface area contributed by atoms with Gasteiger partial charge in [0.15, 0.2) is 0 Å². The molecule has 1 saturated carbocycles. The van der Waals surface area contributed by atoms with E-state index in [1.54, 1.807) is 19.2 Å². The van der Waals surface area contributed by atoms with Crippen molar-refractivity contribution in [1.82, 2.24) is 5.32 Å². The lowest BCUT2D eigenvalue weighted by atomic mass is 10.0. The Morgan fingerprint density at radius 2 is 1.62 bits per heavy atom. The summed E-state index contributed by atoms with van der Waals surface area (Å²) in [7, 11) is 1.66. The minimum atomic E-state index is -2.79. The highest BCUT2D eigenvalue weighted by molar-refractivity contribution is 5.31. The molecule has 0 radical (unpaired) electrons. The van der Waals surface area contributed by atoms with Crippen molar-refractivity contribution < 1.29 is 18.3 Å². The molecular formula is C19H21F2NO2. The second kappa shape index (κ2) is 7.62. The molecule has 2 aromatic rings. The fourth-order valence-corrected chi connectivity index (χ4v) is 2.81. The van der Waals surface area contributed by atoms with Gasteiger partial charge in [-0.2, -0.15) is 8.78 Å². The van der Waals surface area contributed by atoms with Gasteiger partial charge in [-0.05, 0) is 54.2 Å². The van der Waals surface area contributed by atoms with E-state index in [0.29, 0.717) is 18.5 Å². The molecule has 3 rings (SSSR count). The van der Waals surface area contributed by atoms with E-state index in [4.69, 9.17) is 4.74 Å². The van der Waals surface area contributed by atoms with Crippen molar-refractivity contribution in [2.45, 2.75) is 32.0 Å². The molecule has 0 aliphatic heterocycles. The van der Waals surface area contributed by atoms with Crippen LogP contribution in [-0.2, 0) is 6.54 Å². The third-order valence-electron chi connectivity index (χ3n) is 4.24. The van der Waals surface area contributed by atoms with Gasteiger partial charge < -0.3 is 14.8 Å². The third-order valence-corrected chi connectivity index (χ3v) is 4.24. The molecule has 0 amide bonds. The van der Waals surface area contributed by atoms with Gasteiger partial charge in [-0.3, -0.25) is 0 Å². The molecule has 1 aliphatic rings. The molecule has 24 heavy (non-hydrogen) atoms. The van der Waals surface area contributed by atoms with E-state index >= 15 is 0 Å². The molecule has 1 aliphatic carbocycles. The standard InChI is InChI=1S/C19H21F2NO2/c1-23-16-10-6-15(7-11-16)18(14-4-5-14)22-12-13-2-8-17(9-3-13)24-19(20)21/h2-3,6-11,14,18-19,22H,4-5,12H2,1H3. The molecule has 128 valence electrons. The average Bonchev–Trinajstić information content (AvgIpc) is 3.42. The van der Waals surface area contributed by atoms with Gasteiger partial charge >= 0.3 is 6.61 Å². The molecular weight excluding hydrogens is 312 g/mol. The topological polar surface area (TPSA) is 30.5 Å². The summed E-state index contributed by atoms with van der Waals surface area (Å²) in [5.74, 6) is 1.69. The van der Waals surface area contributed by atoms with Crippen LogP contribution in [-0.4, -0.2) is 13.7 Å². The van der Waals surface area contributed by atoms with Crippen LogP contribution >= 0.6 is 0 Å². The van der Waals surface area contributed by atoms with Crippen LogP contribution in [0.1, 0.15) is 30.0 Å². The monoisotopic (exact) mass is 333 g/mol. The van der Waals surface area contributed by atoms with Crippen LogP contribution in [0.4, 0.5) is 8.78 Å². The van der Waals surface area contributed by atoms with E-state index in [1.165, 1.54) is 18.4 Å². The first-order valence-corrected chi connectivity index (χ1v) is 8.07. The minimum absolute atomic E-state index is 0.183. The Morgan fingerprint density at radius 1 is 1.00 bits per heavy atom. The number of alkyl halides is 2. The van der Waals surface area contributed by atoms with Gasteiger partial charge in [-0.25, -0.2) is 0 Å². The number of hydrogen-bond donors (Lipinski definition) is 1. The third kappa shape index (κ3) is 4.45. The van der Waals surface area contributed by atoms with Gasteiger partial charge in [-0.15, -0.1) is 0 Å². The molecule has 0 aromatic heterocycles. The number of benzene rings is 2. The second-order valence-corrected chi connectivity index (χ2v) is 5.99. The maximum absolute atomic E-state index is 12.2. The van der Waals surface area contributed by atoms with E-state index in [0.717, 1.165) is 11.3 Å². The maximum Gasteiger partial charge on any atom is 0.387 e. The Labute approximate surface area is 140 Å². The Bertz CT molecular complexity index is 639. The predicted octanol–water partition coefficient (Wildman–Crippen LogP) is 4.54. The van der Waals surface area contributed by atoms with Gasteiger partial charge in [0, 0.05) is 12.6 Å². The molecule has 1 fully saturated rings. The van der Waals surface area contributed by atoms with Gasteiger partial charge in [-0.1, -0.05) is 24.3 Å². The first-order valence-electron chi connectivity index (χ1n) is 8.07. The molecule has 0 bridgehead atoms. The summed E-state index contributed by atoms with van der Waals surface area (Å²) in [5.41, 5.74) is 2.28. The normalized spacial score (nSPS) is 15.3. The molecule has 1 N–H and O–H groups in total. The smallest absolute Gasteiger partial charge is 0.387 e. The Hall–Kier alpha value is -2.14. The second-order valence-electron chi connectivity index (χ2n) is 5.99. The number of halogens is 2. The SMILES string of the molecule is COc1ccc(C(NCc2ccc(OC(F)F)cc2)C2CC2)cc1. The summed E-state index contributed by atoms with van der Waals surface area (Å²) in [6.45, 7) is -2.11. The molecule has 0 heterocycles. The van der Waals surface area contributed by atoms with Crippen molar-refractivity contribution in [3.05, 3.63) is 59.7 Å². The van der Waals surface area contributed by atoms with Crippen LogP contribution in [0.5, 0.6) is 11.5 Å². The predicted molar refractivity (Wildman–Crippen MR) is 88.4 cm³/mol. The maximum atomic E-state index is 12.2. The van der Waals surface area contributed by atoms with Crippen molar-refractivity contribution in [2.24, 2.45) is 5.92 Å². The molecule has 5 heteroatoms. The molecule has 1 unspecified atom stereocenters. The van der Waals surface area contributed by atoms with Gasteiger partial charge in [0.1, 0.15) is 11.5 Å². The number of rotatable bonds is 8. The highest BCUT2D eigenvalue weighted by atomic mass is 19.3. The minimum Gasteiger partial charge on any atom is -0.497 e. The van der Waals surface area contributed by atoms with E-state index in [9.17, 15) is 8.78 Å². The van der Waals surface area contributed by atoms with Crippen LogP contribution in [0.15, 0.2) is 48.5 Å². The molecule has 0 saturated heterocycles. The zero-order valence-electron chi connectivity index (χ0n) is 13.5. The zero-order valence-corrected chi connectivity index (χ0v) is 13.5. The zero-order chi connectivity index (χ0) is 16.9. The number of ether oxygens (including phenoxy) is 2. The van der Waals surface area contributed by atoms with Crippen LogP contribution in [0, 0.1) is 5.92 Å². The molecule has 3 nitrogen and oxygen atoms in total. The Balaban J connectivity index is 1.61. The van der Waals surface area contributed by atoms with Crippen molar-refractivity contribution in [3.63, 3.8) is 0 Å². The van der Waals surface area contributed by atoms with Gasteiger partial charge in [0.25, 0.3) is 0 Å². The molecule has 0 spiro atoms. The first-order chi connectivity index (χ1) is 11.7. The van der Waals surface area contributed by atoms with Crippen LogP contribution in [0.25, 0.3) is 0 Å². The largest absolute Gasteiger partial charge is 0.497 e.